The van der Waals surface area contributed by atoms with Crippen molar-refractivity contribution in [1.82, 2.24) is 4.98 Å². The third-order valence-electron chi connectivity index (χ3n) is 5.76. The van der Waals surface area contributed by atoms with Crippen molar-refractivity contribution in [1.29, 1.82) is 0 Å². The van der Waals surface area contributed by atoms with Gasteiger partial charge in [0.1, 0.15) is 15.5 Å². The van der Waals surface area contributed by atoms with Crippen LogP contribution in [0.2, 0.25) is 0 Å². The first-order valence-electron chi connectivity index (χ1n) is 10.9. The van der Waals surface area contributed by atoms with Gasteiger partial charge in [0.25, 0.3) is 0 Å². The van der Waals surface area contributed by atoms with Crippen molar-refractivity contribution < 1.29 is 28.5 Å². The van der Waals surface area contributed by atoms with E-state index < -0.39 is 5.97 Å². The fourth-order valence-electron chi connectivity index (χ4n) is 4.10. The second-order valence-electron chi connectivity index (χ2n) is 7.82. The molecule has 0 atom stereocenters. The predicted octanol–water partition coefficient (Wildman–Crippen LogP) is 5.00. The van der Waals surface area contributed by atoms with E-state index in [1.54, 1.807) is 57.4 Å². The predicted molar refractivity (Wildman–Crippen MR) is 133 cm³/mol. The van der Waals surface area contributed by atoms with Gasteiger partial charge >= 0.3 is 5.97 Å². The second kappa shape index (κ2) is 8.92. The number of ketones is 1. The molecule has 4 aromatic rings. The lowest BCUT2D eigenvalue weighted by Gasteiger charge is -2.14. The maximum atomic E-state index is 13.4. The Bertz CT molecular complexity index is 1480. The van der Waals surface area contributed by atoms with E-state index in [1.165, 1.54) is 11.3 Å². The van der Waals surface area contributed by atoms with E-state index in [0.29, 0.717) is 60.3 Å². The van der Waals surface area contributed by atoms with E-state index in [-0.39, 0.29) is 24.9 Å². The lowest BCUT2D eigenvalue weighted by atomic mass is 9.94. The van der Waals surface area contributed by atoms with Gasteiger partial charge in [-0.15, -0.1) is 11.3 Å². The zero-order valence-electron chi connectivity index (χ0n) is 19.3. The molecule has 0 spiro atoms. The zero-order valence-corrected chi connectivity index (χ0v) is 20.2. The number of anilines is 1. The summed E-state index contributed by atoms with van der Waals surface area (Å²) >= 11 is 1.19. The highest BCUT2D eigenvalue weighted by atomic mass is 32.1. The van der Waals surface area contributed by atoms with Gasteiger partial charge in [0.2, 0.25) is 12.6 Å². The monoisotopic (exact) mass is 490 g/mol. The lowest BCUT2D eigenvalue weighted by molar-refractivity contribution is 0.0526. The first-order chi connectivity index (χ1) is 16.9. The molecular weight excluding hydrogens is 468 g/mol. The Morgan fingerprint density at radius 2 is 1.86 bits per heavy atom. The topological polar surface area (TPSA) is 110 Å². The largest absolute Gasteiger partial charge is 0.497 e. The van der Waals surface area contributed by atoms with Crippen LogP contribution < -0.4 is 19.9 Å². The van der Waals surface area contributed by atoms with E-state index >= 15 is 0 Å². The zero-order chi connectivity index (χ0) is 24.7. The van der Waals surface area contributed by atoms with Crippen LogP contribution in [0.3, 0.4) is 0 Å². The molecular formula is C26H22N2O6S. The summed E-state index contributed by atoms with van der Waals surface area (Å²) in [6.45, 7) is 3.81. The summed E-state index contributed by atoms with van der Waals surface area (Å²) in [4.78, 5) is 31.9. The molecule has 0 radical (unpaired) electrons. The number of hydrogen-bond acceptors (Lipinski definition) is 9. The van der Waals surface area contributed by atoms with Crippen LogP contribution in [-0.4, -0.2) is 37.2 Å². The molecule has 2 N–H and O–H groups in total. The van der Waals surface area contributed by atoms with Crippen molar-refractivity contribution in [2.75, 3.05) is 26.2 Å². The fourth-order valence-corrected chi connectivity index (χ4v) is 5.21. The van der Waals surface area contributed by atoms with Crippen LogP contribution in [0.1, 0.15) is 38.2 Å². The van der Waals surface area contributed by atoms with E-state index in [1.807, 2.05) is 6.07 Å². The first-order valence-corrected chi connectivity index (χ1v) is 11.7. The van der Waals surface area contributed by atoms with Gasteiger partial charge < -0.3 is 24.7 Å². The molecule has 2 aromatic carbocycles. The SMILES string of the molecule is CCOC(=O)c1c(C)nc2sc(C(=O)c3ccc(OC)cc3)c(N)c2c1-c1ccc2c(c1)OCO2. The first kappa shape index (κ1) is 22.7. The van der Waals surface area contributed by atoms with Crippen molar-refractivity contribution in [3.05, 3.63) is 64.2 Å². The van der Waals surface area contributed by atoms with Gasteiger partial charge in [-0.25, -0.2) is 9.78 Å². The summed E-state index contributed by atoms with van der Waals surface area (Å²) in [5.41, 5.74) is 9.33. The lowest BCUT2D eigenvalue weighted by Crippen LogP contribution is -2.10. The number of aryl methyl sites for hydroxylation is 1. The number of thiophene rings is 1. The maximum absolute atomic E-state index is 13.4. The van der Waals surface area contributed by atoms with Crippen molar-refractivity contribution >= 4 is 39.0 Å². The van der Waals surface area contributed by atoms with Crippen LogP contribution >= 0.6 is 11.3 Å². The number of pyridine rings is 1. The Morgan fingerprint density at radius 3 is 2.57 bits per heavy atom. The van der Waals surface area contributed by atoms with Gasteiger partial charge in [-0.1, -0.05) is 6.07 Å². The van der Waals surface area contributed by atoms with Gasteiger partial charge in [0.15, 0.2) is 11.5 Å². The molecule has 0 unspecified atom stereocenters. The molecule has 0 fully saturated rings. The number of rotatable bonds is 6. The van der Waals surface area contributed by atoms with E-state index in [9.17, 15) is 9.59 Å². The summed E-state index contributed by atoms with van der Waals surface area (Å²) in [7, 11) is 1.56. The van der Waals surface area contributed by atoms with E-state index in [0.717, 1.165) is 0 Å². The molecule has 0 bridgehead atoms. The summed E-state index contributed by atoms with van der Waals surface area (Å²) in [6.07, 6.45) is 0. The summed E-state index contributed by atoms with van der Waals surface area (Å²) in [6, 6.07) is 12.2. The van der Waals surface area contributed by atoms with Crippen molar-refractivity contribution in [3.63, 3.8) is 0 Å². The quantitative estimate of drug-likeness (QED) is 0.297. The number of benzene rings is 2. The highest BCUT2D eigenvalue weighted by Gasteiger charge is 2.28. The van der Waals surface area contributed by atoms with Crippen molar-refractivity contribution in [2.45, 2.75) is 13.8 Å². The Kier molecular flexibility index (Phi) is 5.78. The highest BCUT2D eigenvalue weighted by Crippen LogP contribution is 2.45. The molecule has 3 heterocycles. The number of methoxy groups -OCH3 is 1. The Balaban J connectivity index is 1.75. The summed E-state index contributed by atoms with van der Waals surface area (Å²) < 4.78 is 21.5. The number of ether oxygens (including phenoxy) is 4. The molecule has 0 saturated heterocycles. The number of nitrogens with zero attached hydrogens (tertiary/aromatic N) is 1. The molecule has 0 saturated carbocycles. The highest BCUT2D eigenvalue weighted by molar-refractivity contribution is 7.21. The Hall–Kier alpha value is -4.11. The molecule has 5 rings (SSSR count). The molecule has 0 aliphatic carbocycles. The Morgan fingerprint density at radius 1 is 1.11 bits per heavy atom. The summed E-state index contributed by atoms with van der Waals surface area (Å²) in [5.74, 6) is 1.07. The van der Waals surface area contributed by atoms with Gasteiger partial charge in [-0.3, -0.25) is 4.79 Å². The fraction of sp³-hybridized carbons (Fsp3) is 0.192. The maximum Gasteiger partial charge on any atom is 0.340 e. The van der Waals surface area contributed by atoms with Gasteiger partial charge in [-0.2, -0.15) is 0 Å². The van der Waals surface area contributed by atoms with E-state index in [2.05, 4.69) is 4.98 Å². The minimum absolute atomic E-state index is 0.120. The van der Waals surface area contributed by atoms with Crippen LogP contribution in [0.4, 0.5) is 5.69 Å². The molecule has 1 aliphatic rings. The average molecular weight is 491 g/mol. The molecule has 35 heavy (non-hydrogen) atoms. The molecule has 1 aliphatic heterocycles. The number of aromatic nitrogens is 1. The number of nitrogens with two attached hydrogens (primary N) is 1. The van der Waals surface area contributed by atoms with Crippen LogP contribution in [0.15, 0.2) is 42.5 Å². The number of fused-ring (bicyclic) bond motifs is 2. The average Bonchev–Trinajstić information content (AvgIpc) is 3.46. The molecule has 178 valence electrons. The number of carbonyl (C=O) groups is 2. The smallest absolute Gasteiger partial charge is 0.340 e. The second-order valence-corrected chi connectivity index (χ2v) is 8.82. The van der Waals surface area contributed by atoms with Gasteiger partial charge in [0.05, 0.1) is 30.7 Å². The standard InChI is InChI=1S/C26H22N2O6S/c1-4-32-26(30)19-13(2)28-25-21(20(19)15-7-10-17-18(11-15)34-12-33-17)22(27)24(35-25)23(29)14-5-8-16(31-3)9-6-14/h5-11H,4,12,27H2,1-3H3. The van der Waals surface area contributed by atoms with Gasteiger partial charge in [-0.05, 0) is 55.8 Å². The number of esters is 1. The van der Waals surface area contributed by atoms with Gasteiger partial charge in [0, 0.05) is 16.5 Å². The number of carbonyl (C=O) groups excluding carboxylic acids is 2. The van der Waals surface area contributed by atoms with Crippen molar-refractivity contribution in [3.8, 4) is 28.4 Å². The Labute approximate surface area is 205 Å². The minimum Gasteiger partial charge on any atom is -0.497 e. The molecule has 2 aromatic heterocycles. The van der Waals surface area contributed by atoms with E-state index in [4.69, 9.17) is 24.7 Å². The molecule has 0 amide bonds. The number of nitrogen functional groups attached to an aromatic ring is 1. The van der Waals surface area contributed by atoms with Crippen LogP contribution in [0.25, 0.3) is 21.3 Å². The molecule has 9 heteroatoms. The molecule has 8 nitrogen and oxygen atoms in total. The third-order valence-corrected chi connectivity index (χ3v) is 6.86. The third kappa shape index (κ3) is 3.83. The minimum atomic E-state index is -0.513. The van der Waals surface area contributed by atoms with Crippen LogP contribution in [0, 0.1) is 6.92 Å². The van der Waals surface area contributed by atoms with Crippen LogP contribution in [-0.2, 0) is 4.74 Å². The van der Waals surface area contributed by atoms with Crippen molar-refractivity contribution in [2.24, 2.45) is 0 Å². The normalized spacial score (nSPS) is 12.1. The summed E-state index contributed by atoms with van der Waals surface area (Å²) in [5, 5.41) is 0.527. The van der Waals surface area contributed by atoms with Crippen LogP contribution in [0.5, 0.6) is 17.2 Å². The number of hydrogen-bond donors (Lipinski definition) is 1.